The third kappa shape index (κ3) is 4.10. The lowest BCUT2D eigenvalue weighted by Gasteiger charge is -2.09. The highest BCUT2D eigenvalue weighted by Crippen LogP contribution is 2.31. The van der Waals surface area contributed by atoms with E-state index in [1.807, 2.05) is 0 Å². The lowest BCUT2D eigenvalue weighted by atomic mass is 10.0. The van der Waals surface area contributed by atoms with Gasteiger partial charge < -0.3 is 5.32 Å². The Bertz CT molecular complexity index is 1680. The number of halogens is 4. The van der Waals surface area contributed by atoms with Crippen molar-refractivity contribution in [1.29, 1.82) is 0 Å². The summed E-state index contributed by atoms with van der Waals surface area (Å²) in [5, 5.41) is 6.65. The van der Waals surface area contributed by atoms with Gasteiger partial charge in [0.05, 0.1) is 34.6 Å². The molecule has 0 aliphatic rings. The van der Waals surface area contributed by atoms with Crippen LogP contribution in [0.5, 0.6) is 0 Å². The number of nitrogens with zero attached hydrogens (tertiary/aromatic N) is 5. The van der Waals surface area contributed by atoms with Crippen molar-refractivity contribution in [3.05, 3.63) is 77.4 Å². The summed E-state index contributed by atoms with van der Waals surface area (Å²) >= 11 is 0. The van der Waals surface area contributed by atoms with Crippen LogP contribution in [-0.4, -0.2) is 42.5 Å². The summed E-state index contributed by atoms with van der Waals surface area (Å²) in [6.07, 6.45) is 0.183. The van der Waals surface area contributed by atoms with E-state index in [0.717, 1.165) is 10.1 Å². The third-order valence-electron chi connectivity index (χ3n) is 5.80. The van der Waals surface area contributed by atoms with E-state index >= 15 is 4.39 Å². The average Bonchev–Trinajstić information content (AvgIpc) is 3.35. The van der Waals surface area contributed by atoms with Crippen molar-refractivity contribution in [3.63, 3.8) is 0 Å². The van der Waals surface area contributed by atoms with E-state index in [1.54, 1.807) is 59.8 Å². The number of aromatic nitrogens is 5. The second kappa shape index (κ2) is 8.63. The van der Waals surface area contributed by atoms with E-state index < -0.39 is 36.7 Å². The quantitative estimate of drug-likeness (QED) is 0.376. The van der Waals surface area contributed by atoms with Crippen LogP contribution in [0.3, 0.4) is 0 Å². The van der Waals surface area contributed by atoms with Crippen LogP contribution < -0.4 is 11.0 Å². The number of rotatable bonds is 5. The molecular weight excluding hydrogens is 480 g/mol. The molecule has 5 aromatic rings. The molecule has 1 N–H and O–H groups in total. The Labute approximate surface area is 200 Å². The summed E-state index contributed by atoms with van der Waals surface area (Å²) < 4.78 is 56.6. The van der Waals surface area contributed by atoms with E-state index in [1.165, 1.54) is 22.9 Å². The smallest absolute Gasteiger partial charge is 0.345 e. The number of amides is 1. The highest BCUT2D eigenvalue weighted by atomic mass is 19.4. The van der Waals surface area contributed by atoms with Gasteiger partial charge in [0.25, 0.3) is 0 Å². The molecule has 3 aromatic heterocycles. The van der Waals surface area contributed by atoms with Gasteiger partial charge in [-0.15, -0.1) is 0 Å². The van der Waals surface area contributed by atoms with Gasteiger partial charge in [0.2, 0.25) is 5.91 Å². The molecule has 0 saturated heterocycles. The summed E-state index contributed by atoms with van der Waals surface area (Å²) in [5.74, 6) is -1.59. The van der Waals surface area contributed by atoms with Gasteiger partial charge in [-0.2, -0.15) is 18.3 Å². The van der Waals surface area contributed by atoms with Crippen molar-refractivity contribution in [2.75, 3.05) is 6.54 Å². The molecule has 0 saturated carbocycles. The number of para-hydroxylation sites is 2. The van der Waals surface area contributed by atoms with Crippen LogP contribution in [0.4, 0.5) is 17.6 Å². The largest absolute Gasteiger partial charge is 0.405 e. The highest BCUT2D eigenvalue weighted by molar-refractivity contribution is 5.94. The first-order valence-corrected chi connectivity index (χ1v) is 10.7. The summed E-state index contributed by atoms with van der Waals surface area (Å²) in [4.78, 5) is 29.5. The molecule has 8 nitrogen and oxygen atoms in total. The summed E-state index contributed by atoms with van der Waals surface area (Å²) in [6.45, 7) is -2.14. The van der Waals surface area contributed by atoms with Gasteiger partial charge in [0.15, 0.2) is 0 Å². The van der Waals surface area contributed by atoms with E-state index in [9.17, 15) is 22.8 Å². The molecule has 0 bridgehead atoms. The van der Waals surface area contributed by atoms with Gasteiger partial charge in [-0.05, 0) is 30.3 Å². The van der Waals surface area contributed by atoms with Crippen LogP contribution in [0.2, 0.25) is 0 Å². The molecule has 0 atom stereocenters. The number of nitrogens with one attached hydrogen (secondary N) is 1. The van der Waals surface area contributed by atoms with Gasteiger partial charge in [-0.3, -0.25) is 23.6 Å². The first-order valence-electron chi connectivity index (χ1n) is 10.7. The minimum Gasteiger partial charge on any atom is -0.345 e. The number of aryl methyl sites for hydroxylation is 1. The maximum absolute atomic E-state index is 15.4. The molecule has 0 fully saturated rings. The standard InChI is InChI=1S/C24H18F4N6O2/c1-32-21-11-29-9-16(17(21)10-31-32)15-7-6-14(8-18(15)25)34-20-5-3-2-4-19(20)33(23(34)36)12-22(35)30-13-24(26,27)28/h2-11H,12-13H2,1H3,(H,30,35). The van der Waals surface area contributed by atoms with Crippen molar-refractivity contribution >= 4 is 27.8 Å². The molecule has 5 rings (SSSR count). The topological polar surface area (TPSA) is 86.7 Å². The first kappa shape index (κ1) is 23.3. The van der Waals surface area contributed by atoms with Crippen molar-refractivity contribution in [1.82, 2.24) is 29.2 Å². The number of carbonyl (C=O) groups excluding carboxylic acids is 1. The van der Waals surface area contributed by atoms with Gasteiger partial charge in [0, 0.05) is 29.8 Å². The van der Waals surface area contributed by atoms with E-state index in [4.69, 9.17) is 0 Å². The van der Waals surface area contributed by atoms with Crippen LogP contribution in [0.1, 0.15) is 0 Å². The Kier molecular flexibility index (Phi) is 5.58. The molecule has 0 unspecified atom stereocenters. The second-order valence-electron chi connectivity index (χ2n) is 8.14. The Morgan fingerprint density at radius 1 is 1.00 bits per heavy atom. The monoisotopic (exact) mass is 498 g/mol. The number of imidazole rings is 1. The fourth-order valence-electron chi connectivity index (χ4n) is 4.14. The SMILES string of the molecule is Cn1ncc2c(-c3ccc(-n4c(=O)n(CC(=O)NCC(F)(F)F)c5ccccc54)cc3F)cncc21. The molecule has 36 heavy (non-hydrogen) atoms. The van der Waals surface area contributed by atoms with E-state index in [-0.39, 0.29) is 11.3 Å². The van der Waals surface area contributed by atoms with Crippen LogP contribution in [-0.2, 0) is 18.4 Å². The predicted octanol–water partition coefficient (Wildman–Crippen LogP) is 3.56. The fourth-order valence-corrected chi connectivity index (χ4v) is 4.14. The van der Waals surface area contributed by atoms with Crippen LogP contribution in [0.15, 0.2) is 65.8 Å². The zero-order valence-corrected chi connectivity index (χ0v) is 18.8. The number of hydrogen-bond donors (Lipinski definition) is 1. The molecule has 1 amide bonds. The molecule has 0 spiro atoms. The Morgan fingerprint density at radius 2 is 1.75 bits per heavy atom. The van der Waals surface area contributed by atoms with Crippen molar-refractivity contribution in [2.45, 2.75) is 12.7 Å². The maximum atomic E-state index is 15.4. The minimum atomic E-state index is -4.58. The van der Waals surface area contributed by atoms with Gasteiger partial charge in [-0.1, -0.05) is 12.1 Å². The Morgan fingerprint density at radius 3 is 2.47 bits per heavy atom. The third-order valence-corrected chi connectivity index (χ3v) is 5.80. The normalized spacial score (nSPS) is 11.9. The van der Waals surface area contributed by atoms with Crippen LogP contribution in [0.25, 0.3) is 38.8 Å². The molecular formula is C24H18F4N6O2. The summed E-state index contributed by atoms with van der Waals surface area (Å²) in [7, 11) is 1.75. The molecule has 2 aromatic carbocycles. The zero-order valence-electron chi connectivity index (χ0n) is 18.8. The van der Waals surface area contributed by atoms with Crippen LogP contribution in [0, 0.1) is 5.82 Å². The Hall–Kier alpha value is -4.48. The molecule has 184 valence electrons. The average molecular weight is 498 g/mol. The summed E-state index contributed by atoms with van der Waals surface area (Å²) in [5.41, 5.74) is 1.69. The van der Waals surface area contributed by atoms with E-state index in [0.29, 0.717) is 22.0 Å². The number of benzene rings is 2. The first-order chi connectivity index (χ1) is 17.1. The predicted molar refractivity (Wildman–Crippen MR) is 124 cm³/mol. The van der Waals surface area contributed by atoms with Gasteiger partial charge >= 0.3 is 11.9 Å². The lowest BCUT2D eigenvalue weighted by Crippen LogP contribution is -2.37. The zero-order chi connectivity index (χ0) is 25.6. The lowest BCUT2D eigenvalue weighted by molar-refractivity contribution is -0.138. The molecule has 12 heteroatoms. The van der Waals surface area contributed by atoms with Gasteiger partial charge in [0.1, 0.15) is 18.9 Å². The molecule has 0 aliphatic carbocycles. The van der Waals surface area contributed by atoms with Crippen molar-refractivity contribution < 1.29 is 22.4 Å². The maximum Gasteiger partial charge on any atom is 0.405 e. The number of alkyl halides is 3. The molecule has 0 radical (unpaired) electrons. The van der Waals surface area contributed by atoms with E-state index in [2.05, 4.69) is 10.1 Å². The second-order valence-corrected chi connectivity index (χ2v) is 8.14. The molecule has 3 heterocycles. The summed E-state index contributed by atoms with van der Waals surface area (Å²) in [6, 6.07) is 10.7. The Balaban J connectivity index is 1.56. The number of fused-ring (bicyclic) bond motifs is 2. The van der Waals surface area contributed by atoms with Crippen molar-refractivity contribution in [3.8, 4) is 16.8 Å². The highest BCUT2D eigenvalue weighted by Gasteiger charge is 2.28. The number of carbonyl (C=O) groups is 1. The van der Waals surface area contributed by atoms with Gasteiger partial charge in [-0.25, -0.2) is 9.18 Å². The fraction of sp³-hybridized carbons (Fsp3) is 0.167. The van der Waals surface area contributed by atoms with Crippen molar-refractivity contribution in [2.24, 2.45) is 7.05 Å². The minimum absolute atomic E-state index is 0.193. The van der Waals surface area contributed by atoms with Crippen LogP contribution >= 0.6 is 0 Å². The number of hydrogen-bond acceptors (Lipinski definition) is 4. The number of pyridine rings is 1. The molecule has 0 aliphatic heterocycles.